The maximum atomic E-state index is 14.0. The van der Waals surface area contributed by atoms with Gasteiger partial charge in [-0.15, -0.1) is 0 Å². The smallest absolute Gasteiger partial charge is 0.244 e. The largest absolute Gasteiger partial charge is 0.354 e. The average Bonchev–Trinajstić information content (AvgIpc) is 2.89. The van der Waals surface area contributed by atoms with Gasteiger partial charge < -0.3 is 10.2 Å². The van der Waals surface area contributed by atoms with Gasteiger partial charge in [-0.25, -0.2) is 8.42 Å². The van der Waals surface area contributed by atoms with Gasteiger partial charge >= 0.3 is 0 Å². The summed E-state index contributed by atoms with van der Waals surface area (Å²) in [6.45, 7) is 2.03. The van der Waals surface area contributed by atoms with Gasteiger partial charge in [0.25, 0.3) is 0 Å². The summed E-state index contributed by atoms with van der Waals surface area (Å²) in [4.78, 5) is 28.9. The molecule has 3 aromatic rings. The van der Waals surface area contributed by atoms with Gasteiger partial charge in [0.05, 0.1) is 11.9 Å². The van der Waals surface area contributed by atoms with Gasteiger partial charge in [-0.2, -0.15) is 0 Å². The van der Waals surface area contributed by atoms with Crippen LogP contribution in [-0.4, -0.2) is 50.5 Å². The van der Waals surface area contributed by atoms with Gasteiger partial charge in [-0.05, 0) is 57.7 Å². The maximum absolute atomic E-state index is 14.0. The molecule has 1 atom stereocenters. The van der Waals surface area contributed by atoms with E-state index in [2.05, 4.69) is 21.2 Å². The molecule has 10 heteroatoms. The van der Waals surface area contributed by atoms with Crippen LogP contribution in [0.25, 0.3) is 0 Å². The summed E-state index contributed by atoms with van der Waals surface area (Å²) in [5, 5.41) is 3.46. The van der Waals surface area contributed by atoms with Crippen molar-refractivity contribution >= 4 is 55.1 Å². The molecule has 0 saturated carbocycles. The molecule has 3 rings (SSSR count). The molecule has 3 aromatic carbocycles. The quantitative estimate of drug-likeness (QED) is 0.308. The SMILES string of the molecule is CCCNC(=O)[C@H](Cc1ccccc1)N(Cc1ccc(Cl)cc1)C(=O)CN(c1ccccc1Br)S(C)(=O)=O. The van der Waals surface area contributed by atoms with Crippen molar-refractivity contribution in [2.45, 2.75) is 32.4 Å². The Hall–Kier alpha value is -2.88. The van der Waals surface area contributed by atoms with E-state index in [1.165, 1.54) is 4.90 Å². The topological polar surface area (TPSA) is 86.8 Å². The lowest BCUT2D eigenvalue weighted by molar-refractivity contribution is -0.140. The fourth-order valence-corrected chi connectivity index (χ4v) is 5.56. The third-order valence-electron chi connectivity index (χ3n) is 5.89. The van der Waals surface area contributed by atoms with E-state index >= 15 is 0 Å². The second-order valence-electron chi connectivity index (χ2n) is 8.87. The van der Waals surface area contributed by atoms with Gasteiger partial charge in [0.2, 0.25) is 21.8 Å². The standard InChI is InChI=1S/C28H31BrClN3O4S/c1-3-17-31-28(35)26(18-21-9-5-4-6-10-21)32(19-22-13-15-23(30)16-14-22)27(34)20-33(38(2,36)37)25-12-8-7-11-24(25)29/h4-16,26H,3,17-20H2,1-2H3,(H,31,35)/t26-/m0/s1. The number of carbonyl (C=O) groups is 2. The van der Waals surface area contributed by atoms with Crippen LogP contribution in [0.4, 0.5) is 5.69 Å². The summed E-state index contributed by atoms with van der Waals surface area (Å²) < 4.78 is 27.2. The number of nitrogens with one attached hydrogen (secondary N) is 1. The molecule has 2 amide bonds. The third kappa shape index (κ3) is 8.31. The molecule has 0 aromatic heterocycles. The number of halogens is 2. The Morgan fingerprint density at radius 3 is 2.18 bits per heavy atom. The second-order valence-corrected chi connectivity index (χ2v) is 12.1. The number of hydrogen-bond acceptors (Lipinski definition) is 4. The van der Waals surface area contributed by atoms with Gasteiger partial charge in [-0.3, -0.25) is 13.9 Å². The molecule has 202 valence electrons. The number of nitrogens with zero attached hydrogens (tertiary/aromatic N) is 2. The normalized spacial score (nSPS) is 12.0. The van der Waals surface area contributed by atoms with E-state index in [9.17, 15) is 18.0 Å². The monoisotopic (exact) mass is 619 g/mol. The molecule has 38 heavy (non-hydrogen) atoms. The molecular weight excluding hydrogens is 590 g/mol. The highest BCUT2D eigenvalue weighted by molar-refractivity contribution is 9.10. The lowest BCUT2D eigenvalue weighted by atomic mass is 10.0. The zero-order valence-electron chi connectivity index (χ0n) is 21.3. The number of hydrogen-bond donors (Lipinski definition) is 1. The summed E-state index contributed by atoms with van der Waals surface area (Å²) in [6.07, 6.45) is 2.06. The van der Waals surface area contributed by atoms with Crippen LogP contribution in [0.15, 0.2) is 83.3 Å². The molecule has 0 aliphatic heterocycles. The van der Waals surface area contributed by atoms with Crippen LogP contribution in [0, 0.1) is 0 Å². The molecule has 0 radical (unpaired) electrons. The predicted octanol–water partition coefficient (Wildman–Crippen LogP) is 5.03. The van der Waals surface area contributed by atoms with Gasteiger partial charge in [0, 0.05) is 29.0 Å². The van der Waals surface area contributed by atoms with Crippen LogP contribution in [0.5, 0.6) is 0 Å². The zero-order chi connectivity index (χ0) is 27.7. The van der Waals surface area contributed by atoms with Gasteiger partial charge in [0.15, 0.2) is 0 Å². The van der Waals surface area contributed by atoms with E-state index in [1.54, 1.807) is 48.5 Å². The molecule has 0 aliphatic carbocycles. The minimum Gasteiger partial charge on any atom is -0.354 e. The second kappa shape index (κ2) is 13.8. The Balaban J connectivity index is 2.04. The van der Waals surface area contributed by atoms with Crippen molar-refractivity contribution in [3.05, 3.63) is 99.5 Å². The highest BCUT2D eigenvalue weighted by Gasteiger charge is 2.33. The van der Waals surface area contributed by atoms with Crippen LogP contribution in [-0.2, 0) is 32.6 Å². The Kier molecular flexibility index (Phi) is 10.8. The van der Waals surface area contributed by atoms with E-state index in [0.29, 0.717) is 21.7 Å². The predicted molar refractivity (Wildman–Crippen MR) is 156 cm³/mol. The number of rotatable bonds is 12. The van der Waals surface area contributed by atoms with E-state index < -0.39 is 28.5 Å². The average molecular weight is 621 g/mol. The molecule has 0 unspecified atom stereocenters. The van der Waals surface area contributed by atoms with Crippen molar-refractivity contribution in [2.75, 3.05) is 23.7 Å². The fourth-order valence-electron chi connectivity index (χ4n) is 3.96. The molecule has 1 N–H and O–H groups in total. The van der Waals surface area contributed by atoms with Crippen LogP contribution in [0.3, 0.4) is 0 Å². The zero-order valence-corrected chi connectivity index (χ0v) is 24.5. The summed E-state index contributed by atoms with van der Waals surface area (Å²) in [5.41, 5.74) is 1.98. The number of benzene rings is 3. The summed E-state index contributed by atoms with van der Waals surface area (Å²) in [5.74, 6) is -0.807. The van der Waals surface area contributed by atoms with Crippen LogP contribution in [0.1, 0.15) is 24.5 Å². The summed E-state index contributed by atoms with van der Waals surface area (Å²) in [7, 11) is -3.83. The third-order valence-corrected chi connectivity index (χ3v) is 7.94. The number of sulfonamides is 1. The first kappa shape index (κ1) is 29.7. The first-order chi connectivity index (χ1) is 18.1. The van der Waals surface area contributed by atoms with Crippen molar-refractivity contribution in [3.8, 4) is 0 Å². The molecule has 0 spiro atoms. The van der Waals surface area contributed by atoms with Crippen LogP contribution < -0.4 is 9.62 Å². The van der Waals surface area contributed by atoms with Crippen molar-refractivity contribution in [2.24, 2.45) is 0 Å². The molecular formula is C28H31BrClN3O4S. The summed E-state index contributed by atoms with van der Waals surface area (Å²) in [6, 6.07) is 22.4. The van der Waals surface area contributed by atoms with E-state index in [1.807, 2.05) is 37.3 Å². The highest BCUT2D eigenvalue weighted by atomic mass is 79.9. The fraction of sp³-hybridized carbons (Fsp3) is 0.286. The highest BCUT2D eigenvalue weighted by Crippen LogP contribution is 2.28. The molecule has 7 nitrogen and oxygen atoms in total. The molecule has 0 aliphatic rings. The lowest BCUT2D eigenvalue weighted by Gasteiger charge is -2.33. The Morgan fingerprint density at radius 1 is 0.947 bits per heavy atom. The molecule has 0 heterocycles. The minimum absolute atomic E-state index is 0.0978. The Morgan fingerprint density at radius 2 is 1.58 bits per heavy atom. The summed E-state index contributed by atoms with van der Waals surface area (Å²) >= 11 is 9.46. The van der Waals surface area contributed by atoms with E-state index in [0.717, 1.165) is 28.1 Å². The van der Waals surface area contributed by atoms with Gasteiger partial charge in [-0.1, -0.05) is 73.1 Å². The lowest BCUT2D eigenvalue weighted by Crippen LogP contribution is -2.53. The Labute approximate surface area is 238 Å². The number of amides is 2. The van der Waals surface area contributed by atoms with Crippen molar-refractivity contribution in [1.82, 2.24) is 10.2 Å². The molecule has 0 fully saturated rings. The van der Waals surface area contributed by atoms with Crippen molar-refractivity contribution in [1.29, 1.82) is 0 Å². The maximum Gasteiger partial charge on any atom is 0.244 e. The van der Waals surface area contributed by atoms with Crippen LogP contribution >= 0.6 is 27.5 Å². The Bertz CT molecular complexity index is 1340. The molecule has 0 saturated heterocycles. The van der Waals surface area contributed by atoms with Crippen molar-refractivity contribution < 1.29 is 18.0 Å². The minimum atomic E-state index is -3.83. The van der Waals surface area contributed by atoms with E-state index in [-0.39, 0.29) is 18.9 Å². The first-order valence-corrected chi connectivity index (χ1v) is 15.2. The number of para-hydroxylation sites is 1. The van der Waals surface area contributed by atoms with E-state index in [4.69, 9.17) is 11.6 Å². The van der Waals surface area contributed by atoms with Gasteiger partial charge in [0.1, 0.15) is 12.6 Å². The van der Waals surface area contributed by atoms with Crippen LogP contribution in [0.2, 0.25) is 5.02 Å². The van der Waals surface area contributed by atoms with Crippen molar-refractivity contribution in [3.63, 3.8) is 0 Å². The number of anilines is 1. The number of carbonyl (C=O) groups excluding carboxylic acids is 2. The first-order valence-electron chi connectivity index (χ1n) is 12.2. The molecule has 0 bridgehead atoms.